The summed E-state index contributed by atoms with van der Waals surface area (Å²) >= 11 is 11.9. The Morgan fingerprint density at radius 1 is 1.12 bits per heavy atom. The smallest absolute Gasteiger partial charge is 0.411 e. The average molecular weight is 363 g/mol. The first-order valence-corrected chi connectivity index (χ1v) is 8.32. The molecule has 4 nitrogen and oxygen atoms in total. The van der Waals surface area contributed by atoms with E-state index in [0.29, 0.717) is 22.3 Å². The van der Waals surface area contributed by atoms with Crippen LogP contribution in [0.4, 0.5) is 10.5 Å². The van der Waals surface area contributed by atoms with Gasteiger partial charge in [0, 0.05) is 32.8 Å². The molecule has 1 amide bonds. The number of carbonyl (C=O) groups excluding carboxylic acids is 1. The lowest BCUT2D eigenvalue weighted by atomic mass is 10.1. The largest absolute Gasteiger partial charge is 0.449 e. The van der Waals surface area contributed by atoms with E-state index in [1.54, 1.807) is 24.3 Å². The van der Waals surface area contributed by atoms with Gasteiger partial charge in [-0.3, -0.25) is 5.32 Å². The maximum absolute atomic E-state index is 11.7. The summed E-state index contributed by atoms with van der Waals surface area (Å²) < 4.78 is 5.19. The Balaban J connectivity index is 1.48. The van der Waals surface area contributed by atoms with Crippen molar-refractivity contribution in [3.8, 4) is 0 Å². The first-order chi connectivity index (χ1) is 11.6. The SMILES string of the molecule is O=C(Nc1cccc(Cl)c1)OCCCc1c[nH]c2ccc(Cl)cc12. The van der Waals surface area contributed by atoms with E-state index in [9.17, 15) is 4.79 Å². The number of benzene rings is 2. The third-order valence-electron chi connectivity index (χ3n) is 3.62. The second kappa shape index (κ2) is 7.60. The summed E-state index contributed by atoms with van der Waals surface area (Å²) in [6.07, 6.45) is 3.00. The van der Waals surface area contributed by atoms with Crippen LogP contribution >= 0.6 is 23.2 Å². The van der Waals surface area contributed by atoms with Gasteiger partial charge in [0.2, 0.25) is 0 Å². The normalized spacial score (nSPS) is 10.8. The third kappa shape index (κ3) is 4.22. The molecule has 0 saturated heterocycles. The summed E-state index contributed by atoms with van der Waals surface area (Å²) in [6, 6.07) is 12.7. The predicted molar refractivity (Wildman–Crippen MR) is 98.1 cm³/mol. The number of aromatic amines is 1. The van der Waals surface area contributed by atoms with Crippen LogP contribution in [0, 0.1) is 0 Å². The zero-order valence-electron chi connectivity index (χ0n) is 12.8. The standard InChI is InChI=1S/C18H16Cl2N2O2/c19-13-4-1-5-15(9-13)22-18(23)24-8-2-3-12-11-21-17-7-6-14(20)10-16(12)17/h1,4-7,9-11,21H,2-3,8H2,(H,22,23). The van der Waals surface area contributed by atoms with Gasteiger partial charge in [0.15, 0.2) is 0 Å². The van der Waals surface area contributed by atoms with Crippen molar-refractivity contribution in [2.45, 2.75) is 12.8 Å². The van der Waals surface area contributed by atoms with E-state index in [0.717, 1.165) is 29.3 Å². The van der Waals surface area contributed by atoms with E-state index in [-0.39, 0.29) is 0 Å². The van der Waals surface area contributed by atoms with Crippen molar-refractivity contribution >= 4 is 45.9 Å². The average Bonchev–Trinajstić information content (AvgIpc) is 2.94. The van der Waals surface area contributed by atoms with Gasteiger partial charge in [0.05, 0.1) is 6.61 Å². The highest BCUT2D eigenvalue weighted by Gasteiger charge is 2.06. The molecule has 1 heterocycles. The third-order valence-corrected chi connectivity index (χ3v) is 4.09. The first kappa shape index (κ1) is 16.7. The minimum Gasteiger partial charge on any atom is -0.449 e. The molecule has 0 bridgehead atoms. The molecule has 0 aliphatic rings. The lowest BCUT2D eigenvalue weighted by Gasteiger charge is -2.07. The van der Waals surface area contributed by atoms with Gasteiger partial charge in [-0.1, -0.05) is 29.3 Å². The molecular weight excluding hydrogens is 347 g/mol. The van der Waals surface area contributed by atoms with Crippen molar-refractivity contribution in [2.24, 2.45) is 0 Å². The van der Waals surface area contributed by atoms with Gasteiger partial charge in [-0.25, -0.2) is 4.79 Å². The molecule has 1 aromatic heterocycles. The molecule has 2 N–H and O–H groups in total. The number of rotatable bonds is 5. The second-order valence-electron chi connectivity index (χ2n) is 5.38. The summed E-state index contributed by atoms with van der Waals surface area (Å²) in [6.45, 7) is 0.333. The Labute approximate surface area is 149 Å². The zero-order valence-corrected chi connectivity index (χ0v) is 14.3. The first-order valence-electron chi connectivity index (χ1n) is 7.57. The number of nitrogens with one attached hydrogen (secondary N) is 2. The maximum Gasteiger partial charge on any atom is 0.411 e. The lowest BCUT2D eigenvalue weighted by Crippen LogP contribution is -2.14. The fourth-order valence-electron chi connectivity index (χ4n) is 2.51. The van der Waals surface area contributed by atoms with Crippen molar-refractivity contribution in [3.05, 3.63) is 64.3 Å². The van der Waals surface area contributed by atoms with Crippen molar-refractivity contribution in [1.82, 2.24) is 4.98 Å². The zero-order chi connectivity index (χ0) is 16.9. The Bertz CT molecular complexity index is 861. The van der Waals surface area contributed by atoms with Crippen LogP contribution in [0.2, 0.25) is 10.0 Å². The molecule has 0 spiro atoms. The minimum atomic E-state index is -0.487. The molecule has 0 fully saturated rings. The number of anilines is 1. The molecule has 124 valence electrons. The van der Waals surface area contributed by atoms with Crippen LogP contribution < -0.4 is 5.32 Å². The number of fused-ring (bicyclic) bond motifs is 1. The number of amides is 1. The van der Waals surface area contributed by atoms with Crippen molar-refractivity contribution < 1.29 is 9.53 Å². The van der Waals surface area contributed by atoms with E-state index in [1.165, 1.54) is 0 Å². The van der Waals surface area contributed by atoms with Crippen molar-refractivity contribution in [3.63, 3.8) is 0 Å². The molecule has 24 heavy (non-hydrogen) atoms. The molecule has 0 atom stereocenters. The van der Waals surface area contributed by atoms with Crippen LogP contribution in [0.3, 0.4) is 0 Å². The second-order valence-corrected chi connectivity index (χ2v) is 6.25. The molecule has 2 aromatic carbocycles. The van der Waals surface area contributed by atoms with E-state index < -0.39 is 6.09 Å². The van der Waals surface area contributed by atoms with Crippen molar-refractivity contribution in [2.75, 3.05) is 11.9 Å². The summed E-state index contributed by atoms with van der Waals surface area (Å²) in [5.41, 5.74) is 2.82. The van der Waals surface area contributed by atoms with Gasteiger partial charge in [-0.2, -0.15) is 0 Å². The monoisotopic (exact) mass is 362 g/mol. The van der Waals surface area contributed by atoms with Gasteiger partial charge in [0.25, 0.3) is 0 Å². The van der Waals surface area contributed by atoms with Crippen LogP contribution in [-0.2, 0) is 11.2 Å². The molecular formula is C18H16Cl2N2O2. The Kier molecular flexibility index (Phi) is 5.28. The molecule has 0 unspecified atom stereocenters. The molecule has 3 rings (SSSR count). The Hall–Kier alpha value is -2.17. The molecule has 6 heteroatoms. The van der Waals surface area contributed by atoms with Gasteiger partial charge in [-0.05, 0) is 54.8 Å². The number of carbonyl (C=O) groups is 1. The van der Waals surface area contributed by atoms with Crippen LogP contribution in [0.25, 0.3) is 10.9 Å². The number of hydrogen-bond acceptors (Lipinski definition) is 2. The topological polar surface area (TPSA) is 54.1 Å². The number of aromatic nitrogens is 1. The highest BCUT2D eigenvalue weighted by atomic mass is 35.5. The van der Waals surface area contributed by atoms with Gasteiger partial charge >= 0.3 is 6.09 Å². The van der Waals surface area contributed by atoms with Crippen LogP contribution in [0.1, 0.15) is 12.0 Å². The Morgan fingerprint density at radius 2 is 1.96 bits per heavy atom. The molecule has 0 saturated carbocycles. The fraction of sp³-hybridized carbons (Fsp3) is 0.167. The molecule has 3 aromatic rings. The number of ether oxygens (including phenoxy) is 1. The summed E-state index contributed by atoms with van der Waals surface area (Å²) in [7, 11) is 0. The molecule has 0 aliphatic heterocycles. The highest BCUT2D eigenvalue weighted by Crippen LogP contribution is 2.23. The maximum atomic E-state index is 11.7. The van der Waals surface area contributed by atoms with Gasteiger partial charge < -0.3 is 9.72 Å². The molecule has 0 aliphatic carbocycles. The van der Waals surface area contributed by atoms with E-state index >= 15 is 0 Å². The highest BCUT2D eigenvalue weighted by molar-refractivity contribution is 6.31. The summed E-state index contributed by atoms with van der Waals surface area (Å²) in [5.74, 6) is 0. The Morgan fingerprint density at radius 3 is 2.79 bits per heavy atom. The van der Waals surface area contributed by atoms with E-state index in [1.807, 2.05) is 24.4 Å². The van der Waals surface area contributed by atoms with Crippen LogP contribution in [0.15, 0.2) is 48.7 Å². The summed E-state index contributed by atoms with van der Waals surface area (Å²) in [5, 5.41) is 5.02. The molecule has 0 radical (unpaired) electrons. The quantitative estimate of drug-likeness (QED) is 0.575. The summed E-state index contributed by atoms with van der Waals surface area (Å²) in [4.78, 5) is 15.0. The van der Waals surface area contributed by atoms with Crippen LogP contribution in [-0.4, -0.2) is 17.7 Å². The number of hydrogen-bond donors (Lipinski definition) is 2. The van der Waals surface area contributed by atoms with Gasteiger partial charge in [0.1, 0.15) is 0 Å². The van der Waals surface area contributed by atoms with Crippen molar-refractivity contribution in [1.29, 1.82) is 0 Å². The minimum absolute atomic E-state index is 0.333. The number of halogens is 2. The van der Waals surface area contributed by atoms with Gasteiger partial charge in [-0.15, -0.1) is 0 Å². The number of H-pyrrole nitrogens is 1. The lowest BCUT2D eigenvalue weighted by molar-refractivity contribution is 0.160. The van der Waals surface area contributed by atoms with E-state index in [2.05, 4.69) is 10.3 Å². The van der Waals surface area contributed by atoms with E-state index in [4.69, 9.17) is 27.9 Å². The van der Waals surface area contributed by atoms with Crippen LogP contribution in [0.5, 0.6) is 0 Å². The number of aryl methyl sites for hydroxylation is 1. The fourth-order valence-corrected chi connectivity index (χ4v) is 2.87. The predicted octanol–water partition coefficient (Wildman–Crippen LogP) is 5.66.